The minimum absolute atomic E-state index is 0.210. The van der Waals surface area contributed by atoms with Crippen LogP contribution in [0.15, 0.2) is 47.0 Å². The Morgan fingerprint density at radius 3 is 3.19 bits per heavy atom. The molecule has 108 valence electrons. The van der Waals surface area contributed by atoms with E-state index in [1.54, 1.807) is 12.5 Å². The number of nitrogens with one attached hydrogen (secondary N) is 1. The molecule has 3 aromatic heterocycles. The Kier molecular flexibility index (Phi) is 4.11. The van der Waals surface area contributed by atoms with Crippen molar-refractivity contribution >= 4 is 17.2 Å². The standard InChI is InChI=1S/C14H14N4O2S/c19-14(16-4-2-6-18-7-5-15-9-18)12-13(20-10-17-12)11-3-1-8-21-11/h1,3,5,7-10H,2,4,6H2,(H,16,19). The highest BCUT2D eigenvalue weighted by atomic mass is 32.1. The van der Waals surface area contributed by atoms with Crippen LogP contribution in [0.2, 0.25) is 0 Å². The Balaban J connectivity index is 1.55. The third kappa shape index (κ3) is 3.19. The summed E-state index contributed by atoms with van der Waals surface area (Å²) in [7, 11) is 0. The van der Waals surface area contributed by atoms with Crippen LogP contribution in [0.25, 0.3) is 10.6 Å². The molecule has 0 aromatic carbocycles. The number of imidazole rings is 1. The smallest absolute Gasteiger partial charge is 0.273 e. The summed E-state index contributed by atoms with van der Waals surface area (Å²) in [5, 5.41) is 4.79. The summed E-state index contributed by atoms with van der Waals surface area (Å²) in [6.45, 7) is 1.39. The van der Waals surface area contributed by atoms with Gasteiger partial charge in [-0.15, -0.1) is 11.3 Å². The predicted octanol–water partition coefficient (Wildman–Crippen LogP) is 2.42. The minimum Gasteiger partial charge on any atom is -0.442 e. The molecule has 0 saturated heterocycles. The number of aromatic nitrogens is 3. The van der Waals surface area contributed by atoms with E-state index in [2.05, 4.69) is 15.3 Å². The van der Waals surface area contributed by atoms with Gasteiger partial charge in [0.2, 0.25) is 0 Å². The van der Waals surface area contributed by atoms with Gasteiger partial charge in [-0.1, -0.05) is 6.07 Å². The molecule has 3 rings (SSSR count). The summed E-state index contributed by atoms with van der Waals surface area (Å²) in [5.41, 5.74) is 0.333. The van der Waals surface area contributed by atoms with E-state index in [1.165, 1.54) is 17.7 Å². The van der Waals surface area contributed by atoms with Crippen LogP contribution in [0, 0.1) is 0 Å². The van der Waals surface area contributed by atoms with Crippen molar-refractivity contribution in [3.05, 3.63) is 48.3 Å². The molecule has 0 aliphatic rings. The lowest BCUT2D eigenvalue weighted by Gasteiger charge is -2.04. The molecule has 0 unspecified atom stereocenters. The first-order valence-electron chi connectivity index (χ1n) is 6.56. The molecule has 0 saturated carbocycles. The molecule has 0 atom stereocenters. The number of thiophene rings is 1. The average Bonchev–Trinajstić information content (AvgIpc) is 3.24. The second-order valence-electron chi connectivity index (χ2n) is 4.42. The van der Waals surface area contributed by atoms with E-state index in [9.17, 15) is 4.79 Å². The Morgan fingerprint density at radius 2 is 2.43 bits per heavy atom. The highest BCUT2D eigenvalue weighted by Crippen LogP contribution is 2.27. The number of hydrogen-bond acceptors (Lipinski definition) is 5. The Labute approximate surface area is 125 Å². The first kappa shape index (κ1) is 13.6. The van der Waals surface area contributed by atoms with Crippen molar-refractivity contribution in [3.8, 4) is 10.6 Å². The molecule has 3 aromatic rings. The van der Waals surface area contributed by atoms with Gasteiger partial charge in [0.05, 0.1) is 11.2 Å². The SMILES string of the molecule is O=C(NCCCn1ccnc1)c1ncoc1-c1cccs1. The average molecular weight is 302 g/mol. The Hall–Kier alpha value is -2.41. The fourth-order valence-electron chi connectivity index (χ4n) is 1.96. The molecule has 0 bridgehead atoms. The Bertz CT molecular complexity index is 688. The third-order valence-corrected chi connectivity index (χ3v) is 3.83. The van der Waals surface area contributed by atoms with Gasteiger partial charge in [-0.3, -0.25) is 4.79 Å². The fraction of sp³-hybridized carbons (Fsp3) is 0.214. The zero-order valence-corrected chi connectivity index (χ0v) is 12.0. The van der Waals surface area contributed by atoms with E-state index in [4.69, 9.17) is 4.42 Å². The van der Waals surface area contributed by atoms with Gasteiger partial charge in [0.1, 0.15) is 0 Å². The van der Waals surface area contributed by atoms with Gasteiger partial charge < -0.3 is 14.3 Å². The van der Waals surface area contributed by atoms with Crippen molar-refractivity contribution in [2.45, 2.75) is 13.0 Å². The molecule has 0 aliphatic heterocycles. The number of aryl methyl sites for hydroxylation is 1. The number of nitrogens with zero attached hydrogens (tertiary/aromatic N) is 3. The van der Waals surface area contributed by atoms with Gasteiger partial charge in [0.25, 0.3) is 5.91 Å². The van der Waals surface area contributed by atoms with Crippen molar-refractivity contribution in [2.75, 3.05) is 6.54 Å². The topological polar surface area (TPSA) is 73.0 Å². The molecular weight excluding hydrogens is 288 g/mol. The molecule has 0 aliphatic carbocycles. The molecule has 6 nitrogen and oxygen atoms in total. The monoisotopic (exact) mass is 302 g/mol. The fourth-order valence-corrected chi connectivity index (χ4v) is 2.67. The molecule has 7 heteroatoms. The predicted molar refractivity (Wildman–Crippen MR) is 79.0 cm³/mol. The number of oxazole rings is 1. The van der Waals surface area contributed by atoms with Crippen LogP contribution in [-0.4, -0.2) is 27.0 Å². The molecule has 1 amide bonds. The van der Waals surface area contributed by atoms with Crippen LogP contribution >= 0.6 is 11.3 Å². The maximum atomic E-state index is 12.1. The normalized spacial score (nSPS) is 10.7. The first-order valence-corrected chi connectivity index (χ1v) is 7.44. The molecule has 1 N–H and O–H groups in total. The molecule has 0 spiro atoms. The molecule has 0 radical (unpaired) electrons. The van der Waals surface area contributed by atoms with E-state index < -0.39 is 0 Å². The number of carbonyl (C=O) groups is 1. The quantitative estimate of drug-likeness (QED) is 0.710. The van der Waals surface area contributed by atoms with Gasteiger partial charge in [-0.2, -0.15) is 0 Å². The summed E-state index contributed by atoms with van der Waals surface area (Å²) >= 11 is 1.51. The van der Waals surface area contributed by atoms with Crippen molar-refractivity contribution in [1.29, 1.82) is 0 Å². The van der Waals surface area contributed by atoms with Gasteiger partial charge in [-0.05, 0) is 17.9 Å². The Morgan fingerprint density at radius 1 is 1.48 bits per heavy atom. The van der Waals surface area contributed by atoms with Gasteiger partial charge in [0, 0.05) is 25.5 Å². The minimum atomic E-state index is -0.210. The number of hydrogen-bond donors (Lipinski definition) is 1. The number of rotatable bonds is 6. The van der Waals surface area contributed by atoms with Crippen molar-refractivity contribution in [2.24, 2.45) is 0 Å². The first-order chi connectivity index (χ1) is 10.3. The van der Waals surface area contributed by atoms with E-state index in [0.29, 0.717) is 18.0 Å². The maximum absolute atomic E-state index is 12.1. The summed E-state index contributed by atoms with van der Waals surface area (Å²) in [6, 6.07) is 3.82. The summed E-state index contributed by atoms with van der Waals surface area (Å²) in [5.74, 6) is 0.315. The van der Waals surface area contributed by atoms with Crippen LogP contribution in [0.4, 0.5) is 0 Å². The highest BCUT2D eigenvalue weighted by molar-refractivity contribution is 7.13. The number of amides is 1. The number of carbonyl (C=O) groups excluding carboxylic acids is 1. The van der Waals surface area contributed by atoms with Gasteiger partial charge in [0.15, 0.2) is 17.8 Å². The van der Waals surface area contributed by atoms with E-state index in [1.807, 2.05) is 28.3 Å². The van der Waals surface area contributed by atoms with Crippen LogP contribution < -0.4 is 5.32 Å². The van der Waals surface area contributed by atoms with Crippen LogP contribution in [0.5, 0.6) is 0 Å². The summed E-state index contributed by atoms with van der Waals surface area (Å²) in [4.78, 5) is 21.0. The van der Waals surface area contributed by atoms with Gasteiger partial charge >= 0.3 is 0 Å². The maximum Gasteiger partial charge on any atom is 0.273 e. The molecule has 3 heterocycles. The van der Waals surface area contributed by atoms with Crippen molar-refractivity contribution < 1.29 is 9.21 Å². The van der Waals surface area contributed by atoms with Gasteiger partial charge in [-0.25, -0.2) is 9.97 Å². The van der Waals surface area contributed by atoms with Crippen LogP contribution in [0.3, 0.4) is 0 Å². The lowest BCUT2D eigenvalue weighted by atomic mass is 10.2. The lowest BCUT2D eigenvalue weighted by molar-refractivity contribution is 0.0948. The zero-order valence-electron chi connectivity index (χ0n) is 11.2. The van der Waals surface area contributed by atoms with Crippen molar-refractivity contribution in [1.82, 2.24) is 19.9 Å². The second-order valence-corrected chi connectivity index (χ2v) is 5.37. The highest BCUT2D eigenvalue weighted by Gasteiger charge is 2.18. The zero-order chi connectivity index (χ0) is 14.5. The third-order valence-electron chi connectivity index (χ3n) is 2.97. The van der Waals surface area contributed by atoms with Crippen LogP contribution in [0.1, 0.15) is 16.9 Å². The summed E-state index contributed by atoms with van der Waals surface area (Å²) < 4.78 is 7.29. The van der Waals surface area contributed by atoms with Crippen molar-refractivity contribution in [3.63, 3.8) is 0 Å². The molecule has 21 heavy (non-hydrogen) atoms. The second kappa shape index (κ2) is 6.36. The molecule has 0 fully saturated rings. The lowest BCUT2D eigenvalue weighted by Crippen LogP contribution is -2.25. The van der Waals surface area contributed by atoms with E-state index >= 15 is 0 Å². The largest absolute Gasteiger partial charge is 0.442 e. The van der Waals surface area contributed by atoms with Crippen LogP contribution in [-0.2, 0) is 6.54 Å². The van der Waals surface area contributed by atoms with E-state index in [0.717, 1.165) is 17.8 Å². The summed E-state index contributed by atoms with van der Waals surface area (Å²) in [6.07, 6.45) is 7.52. The van der Waals surface area contributed by atoms with E-state index in [-0.39, 0.29) is 5.91 Å². The molecular formula is C14H14N4O2S.